The molecule has 21 rings (SSSR count). The van der Waals surface area contributed by atoms with E-state index in [0.29, 0.717) is 11.8 Å². The maximum atomic E-state index is 2.98. The normalized spacial score (nSPS) is 46.2. The predicted octanol–water partition coefficient (Wildman–Crippen LogP) is 14.6. The van der Waals surface area contributed by atoms with Gasteiger partial charge in [0.25, 0.3) is 0 Å². The molecule has 56 heavy (non-hydrogen) atoms. The van der Waals surface area contributed by atoms with Crippen LogP contribution in [0.4, 0.5) is 0 Å². The summed E-state index contributed by atoms with van der Waals surface area (Å²) in [6.45, 7) is 0. The Balaban J connectivity index is 0.984. The van der Waals surface area contributed by atoms with Gasteiger partial charge >= 0.3 is 0 Å². The van der Waals surface area contributed by atoms with Gasteiger partial charge in [-0.2, -0.15) is 0 Å². The number of rotatable bonds is 2. The molecule has 0 spiro atoms. The van der Waals surface area contributed by atoms with Crippen molar-refractivity contribution in [1.82, 2.24) is 0 Å². The standard InChI is InChI=1S/C56H66/c1-2-41(55-51-37-20-12-33(13-21-37)47(51)43-29-4-5-30(7-6-29)44(43)48-34-14-22-38(23-15-34)52(48)55)28-42(3-1)56-53-39-24-16-35(17-25-39)49(53)45-31-8-9-32(11-10-31)46(45)50-36-18-26-40(27-19-36)54(50)56/h1-3,28-40,55-56H,4-27H2. The van der Waals surface area contributed by atoms with Gasteiger partial charge in [-0.25, -0.2) is 0 Å². The quantitative estimate of drug-likeness (QED) is 0.283. The SMILES string of the molecule is c1cc(C2C3=C(C4=C(C5=C2C2CCC5CC2)C2CCC4CC2)C2CCC3CC2)cc(C2C3=C(C4=C(C5=C2C2CCC5CC2)C2CCC4CC2)C2CCC3CC2)c1. The number of fused-ring (bicyclic) bond motifs is 12. The van der Waals surface area contributed by atoms with E-state index in [2.05, 4.69) is 24.3 Å². The van der Waals surface area contributed by atoms with E-state index in [-0.39, 0.29) is 0 Å². The Labute approximate surface area is 337 Å². The zero-order chi connectivity index (χ0) is 36.0. The van der Waals surface area contributed by atoms with Crippen LogP contribution in [0.25, 0.3) is 0 Å². The van der Waals surface area contributed by atoms with Crippen LogP contribution in [-0.4, -0.2) is 0 Å². The number of hydrogen-bond acceptors (Lipinski definition) is 0. The molecule has 0 amide bonds. The molecule has 0 heterocycles. The van der Waals surface area contributed by atoms with Gasteiger partial charge in [-0.1, -0.05) is 46.6 Å². The summed E-state index contributed by atoms with van der Waals surface area (Å²) in [5.74, 6) is 11.4. The van der Waals surface area contributed by atoms with Crippen LogP contribution in [0.15, 0.2) is 91.1 Å². The van der Waals surface area contributed by atoms with Crippen LogP contribution in [0.3, 0.4) is 0 Å². The van der Waals surface area contributed by atoms with E-state index in [1.807, 2.05) is 66.9 Å². The van der Waals surface area contributed by atoms with Gasteiger partial charge in [-0.3, -0.25) is 0 Å². The first-order chi connectivity index (χ1) is 27.8. The lowest BCUT2D eigenvalue weighted by Crippen LogP contribution is -2.35. The smallest absolute Gasteiger partial charge is 0.0275 e. The summed E-state index contributed by atoms with van der Waals surface area (Å²) in [5, 5.41) is 0. The summed E-state index contributed by atoms with van der Waals surface area (Å²) in [7, 11) is 0. The lowest BCUT2D eigenvalue weighted by atomic mass is 9.56. The minimum Gasteiger partial charge on any atom is -0.0617 e. The minimum absolute atomic E-state index is 0.576. The second-order valence-electron chi connectivity index (χ2n) is 23.0. The van der Waals surface area contributed by atoms with Gasteiger partial charge in [0, 0.05) is 11.8 Å². The highest BCUT2D eigenvalue weighted by molar-refractivity contribution is 5.67. The summed E-state index contributed by atoms with van der Waals surface area (Å²) in [5.41, 5.74) is 27.8. The van der Waals surface area contributed by atoms with Gasteiger partial charge in [-0.15, -0.1) is 0 Å². The molecular formula is C56H66. The van der Waals surface area contributed by atoms with Gasteiger partial charge in [-0.05, 0) is 281 Å². The molecule has 0 saturated heterocycles. The van der Waals surface area contributed by atoms with Crippen molar-refractivity contribution in [2.24, 2.45) is 71.0 Å². The van der Waals surface area contributed by atoms with Gasteiger partial charge < -0.3 is 0 Å². The molecule has 0 aromatic heterocycles. The third-order valence-electron chi connectivity index (χ3n) is 21.2. The van der Waals surface area contributed by atoms with Crippen molar-refractivity contribution >= 4 is 0 Å². The molecule has 0 unspecified atom stereocenters. The Morgan fingerprint density at radius 3 is 0.661 bits per heavy atom. The van der Waals surface area contributed by atoms with E-state index in [1.165, 1.54) is 154 Å². The highest BCUT2D eigenvalue weighted by atomic mass is 14.6. The average molecular weight is 739 g/mol. The van der Waals surface area contributed by atoms with Crippen LogP contribution >= 0.6 is 0 Å². The van der Waals surface area contributed by atoms with E-state index in [1.54, 1.807) is 11.1 Å². The molecule has 20 aliphatic carbocycles. The lowest BCUT2D eigenvalue weighted by molar-refractivity contribution is 0.260. The van der Waals surface area contributed by atoms with Gasteiger partial charge in [0.05, 0.1) is 0 Å². The van der Waals surface area contributed by atoms with Crippen LogP contribution in [-0.2, 0) is 0 Å². The van der Waals surface area contributed by atoms with Crippen LogP contribution in [0.5, 0.6) is 0 Å². The summed E-state index contributed by atoms with van der Waals surface area (Å²) in [4.78, 5) is 0. The molecule has 0 radical (unpaired) electrons. The Morgan fingerprint density at radius 1 is 0.232 bits per heavy atom. The molecule has 12 bridgehead atoms. The molecule has 0 aliphatic heterocycles. The Hall–Kier alpha value is -2.34. The highest BCUT2D eigenvalue weighted by Gasteiger charge is 2.55. The zero-order valence-electron chi connectivity index (χ0n) is 34.4. The van der Waals surface area contributed by atoms with Crippen molar-refractivity contribution in [2.75, 3.05) is 0 Å². The number of allylic oxidation sites excluding steroid dienone is 12. The van der Waals surface area contributed by atoms with Crippen LogP contribution < -0.4 is 0 Å². The largest absolute Gasteiger partial charge is 0.0617 e. The summed E-state index contributed by atoms with van der Waals surface area (Å²) < 4.78 is 0. The average Bonchev–Trinajstić information content (AvgIpc) is 3.57. The summed E-state index contributed by atoms with van der Waals surface area (Å²) >= 11 is 0. The second kappa shape index (κ2) is 11.7. The first-order valence-corrected chi connectivity index (χ1v) is 25.3. The molecule has 1 aromatic rings. The molecule has 6 fully saturated rings. The van der Waals surface area contributed by atoms with Crippen molar-refractivity contribution in [3.05, 3.63) is 102 Å². The van der Waals surface area contributed by atoms with Crippen LogP contribution in [0.1, 0.15) is 177 Å². The van der Waals surface area contributed by atoms with Crippen LogP contribution in [0, 0.1) is 71.0 Å². The molecule has 20 aliphatic rings. The van der Waals surface area contributed by atoms with Gasteiger partial charge in [0.2, 0.25) is 0 Å². The number of hydrogen-bond donors (Lipinski definition) is 0. The van der Waals surface area contributed by atoms with E-state index in [0.717, 1.165) is 71.0 Å². The van der Waals surface area contributed by atoms with Crippen molar-refractivity contribution in [1.29, 1.82) is 0 Å². The van der Waals surface area contributed by atoms with Gasteiger partial charge in [0.15, 0.2) is 0 Å². The third kappa shape index (κ3) is 4.11. The third-order valence-corrected chi connectivity index (χ3v) is 21.2. The Kier molecular flexibility index (Phi) is 6.78. The van der Waals surface area contributed by atoms with Crippen molar-refractivity contribution in [2.45, 2.75) is 166 Å². The van der Waals surface area contributed by atoms with E-state index in [4.69, 9.17) is 0 Å². The first-order valence-electron chi connectivity index (χ1n) is 25.3. The molecule has 0 nitrogen and oxygen atoms in total. The maximum absolute atomic E-state index is 2.98. The minimum atomic E-state index is 0.576. The maximum Gasteiger partial charge on any atom is 0.0275 e. The monoisotopic (exact) mass is 739 g/mol. The van der Waals surface area contributed by atoms with E-state index >= 15 is 0 Å². The van der Waals surface area contributed by atoms with Crippen LogP contribution in [0.2, 0.25) is 0 Å². The first kappa shape index (κ1) is 32.5. The van der Waals surface area contributed by atoms with E-state index < -0.39 is 0 Å². The van der Waals surface area contributed by atoms with Crippen molar-refractivity contribution < 1.29 is 0 Å². The highest BCUT2D eigenvalue weighted by Crippen LogP contribution is 2.69. The molecule has 0 atom stereocenters. The summed E-state index contributed by atoms with van der Waals surface area (Å²) in [6, 6.07) is 11.1. The number of benzene rings is 1. The fourth-order valence-electron chi connectivity index (χ4n) is 19.3. The topological polar surface area (TPSA) is 0 Å². The zero-order valence-corrected chi connectivity index (χ0v) is 34.4. The lowest BCUT2D eigenvalue weighted by Gasteiger charge is -2.48. The molecule has 1 aromatic carbocycles. The fraction of sp³-hybridized carbons (Fsp3) is 0.679. The molecule has 0 N–H and O–H groups in total. The molecule has 0 heteroatoms. The molecular weight excluding hydrogens is 673 g/mol. The predicted molar refractivity (Wildman–Crippen MR) is 227 cm³/mol. The molecule has 290 valence electrons. The summed E-state index contributed by atoms with van der Waals surface area (Å²) in [6.07, 6.45) is 35.7. The Bertz CT molecular complexity index is 1840. The van der Waals surface area contributed by atoms with Crippen molar-refractivity contribution in [3.63, 3.8) is 0 Å². The van der Waals surface area contributed by atoms with Crippen molar-refractivity contribution in [3.8, 4) is 0 Å². The molecule has 6 saturated carbocycles. The fourth-order valence-corrected chi connectivity index (χ4v) is 19.3. The Morgan fingerprint density at radius 2 is 0.429 bits per heavy atom. The second-order valence-corrected chi connectivity index (χ2v) is 23.0. The van der Waals surface area contributed by atoms with Gasteiger partial charge in [0.1, 0.15) is 0 Å². The van der Waals surface area contributed by atoms with E-state index in [9.17, 15) is 0 Å².